The number of carbonyl (C=O) groups is 1. The molecule has 1 amide bonds. The van der Waals surface area contributed by atoms with E-state index >= 15 is 0 Å². The lowest BCUT2D eigenvalue weighted by Crippen LogP contribution is -2.30. The lowest BCUT2D eigenvalue weighted by molar-refractivity contribution is 0.0776. The van der Waals surface area contributed by atoms with Crippen molar-refractivity contribution in [1.82, 2.24) is 4.90 Å². The topological polar surface area (TPSA) is 64.8 Å². The Kier molecular flexibility index (Phi) is 4.27. The number of rotatable bonds is 4. The predicted octanol–water partition coefficient (Wildman–Crippen LogP) is 1.39. The molecular formula is C14H20N2O3. The molecular weight excluding hydrogens is 244 g/mol. The molecule has 1 unspecified atom stereocenters. The van der Waals surface area contributed by atoms with Gasteiger partial charge in [-0.25, -0.2) is 0 Å². The van der Waals surface area contributed by atoms with Crippen LogP contribution in [0.15, 0.2) is 18.2 Å². The largest absolute Gasteiger partial charge is 0.495 e. The first-order valence-corrected chi connectivity index (χ1v) is 6.38. The highest BCUT2D eigenvalue weighted by atomic mass is 16.5. The number of nitrogens with zero attached hydrogens (tertiary/aromatic N) is 1. The zero-order valence-electron chi connectivity index (χ0n) is 11.4. The van der Waals surface area contributed by atoms with Crippen molar-refractivity contribution in [2.75, 3.05) is 39.6 Å². The SMILES string of the molecule is COCC1CCN(C(=O)c2cccc(OC)c2N)C1. The van der Waals surface area contributed by atoms with Crippen LogP contribution in [0.2, 0.25) is 0 Å². The summed E-state index contributed by atoms with van der Waals surface area (Å²) in [5.74, 6) is 0.925. The second kappa shape index (κ2) is 5.93. The summed E-state index contributed by atoms with van der Waals surface area (Å²) in [6, 6.07) is 5.28. The van der Waals surface area contributed by atoms with Crippen molar-refractivity contribution in [3.8, 4) is 5.75 Å². The zero-order chi connectivity index (χ0) is 13.8. The van der Waals surface area contributed by atoms with Crippen molar-refractivity contribution in [3.63, 3.8) is 0 Å². The third-order valence-electron chi connectivity index (χ3n) is 3.49. The molecule has 2 rings (SSSR count). The summed E-state index contributed by atoms with van der Waals surface area (Å²) in [7, 11) is 3.23. The highest BCUT2D eigenvalue weighted by molar-refractivity contribution is 6.00. The average Bonchev–Trinajstić information content (AvgIpc) is 2.87. The predicted molar refractivity (Wildman–Crippen MR) is 73.3 cm³/mol. The fourth-order valence-corrected chi connectivity index (χ4v) is 2.47. The molecule has 5 nitrogen and oxygen atoms in total. The van der Waals surface area contributed by atoms with Gasteiger partial charge in [0.25, 0.3) is 5.91 Å². The average molecular weight is 264 g/mol. The second-order valence-electron chi connectivity index (χ2n) is 4.78. The number of nitrogens with two attached hydrogens (primary N) is 1. The van der Waals surface area contributed by atoms with E-state index in [2.05, 4.69) is 0 Å². The number of para-hydroxylation sites is 1. The summed E-state index contributed by atoms with van der Waals surface area (Å²) in [4.78, 5) is 14.3. The van der Waals surface area contributed by atoms with E-state index in [-0.39, 0.29) is 5.91 Å². The third-order valence-corrected chi connectivity index (χ3v) is 3.49. The van der Waals surface area contributed by atoms with E-state index in [1.807, 2.05) is 4.90 Å². The van der Waals surface area contributed by atoms with Gasteiger partial charge in [0, 0.05) is 26.1 Å². The Hall–Kier alpha value is -1.75. The van der Waals surface area contributed by atoms with E-state index < -0.39 is 0 Å². The molecule has 1 saturated heterocycles. The molecule has 1 fully saturated rings. The quantitative estimate of drug-likeness (QED) is 0.835. The van der Waals surface area contributed by atoms with Crippen LogP contribution in [0.5, 0.6) is 5.75 Å². The first kappa shape index (κ1) is 13.7. The molecule has 1 atom stereocenters. The molecule has 1 aliphatic rings. The van der Waals surface area contributed by atoms with Crippen LogP contribution in [0, 0.1) is 5.92 Å². The van der Waals surface area contributed by atoms with Crippen molar-refractivity contribution in [1.29, 1.82) is 0 Å². The van der Waals surface area contributed by atoms with E-state index in [4.69, 9.17) is 15.2 Å². The van der Waals surface area contributed by atoms with Crippen LogP contribution >= 0.6 is 0 Å². The van der Waals surface area contributed by atoms with E-state index in [1.165, 1.54) is 0 Å². The van der Waals surface area contributed by atoms with Gasteiger partial charge >= 0.3 is 0 Å². The Morgan fingerprint density at radius 3 is 2.95 bits per heavy atom. The molecule has 1 aliphatic heterocycles. The second-order valence-corrected chi connectivity index (χ2v) is 4.78. The highest BCUT2D eigenvalue weighted by Crippen LogP contribution is 2.27. The lowest BCUT2D eigenvalue weighted by Gasteiger charge is -2.18. The monoisotopic (exact) mass is 264 g/mol. The van der Waals surface area contributed by atoms with Crippen LogP contribution in [-0.4, -0.2) is 44.7 Å². The number of hydrogen-bond donors (Lipinski definition) is 1. The minimum absolute atomic E-state index is 0.0324. The molecule has 0 aromatic heterocycles. The minimum atomic E-state index is -0.0324. The van der Waals surface area contributed by atoms with Gasteiger partial charge in [0.2, 0.25) is 0 Å². The summed E-state index contributed by atoms with van der Waals surface area (Å²) in [5, 5.41) is 0. The van der Waals surface area contributed by atoms with Crippen LogP contribution in [0.4, 0.5) is 5.69 Å². The summed E-state index contributed by atoms with van der Waals surface area (Å²) in [6.07, 6.45) is 0.976. The molecule has 1 aromatic carbocycles. The lowest BCUT2D eigenvalue weighted by atomic mass is 10.1. The number of carbonyl (C=O) groups excluding carboxylic acids is 1. The standard InChI is InChI=1S/C14H20N2O3/c1-18-9-10-6-7-16(8-10)14(17)11-4-3-5-12(19-2)13(11)15/h3-5,10H,6-9,15H2,1-2H3. The van der Waals surface area contributed by atoms with E-state index in [9.17, 15) is 4.79 Å². The molecule has 104 valence electrons. The Balaban J connectivity index is 2.12. The third kappa shape index (κ3) is 2.81. The molecule has 19 heavy (non-hydrogen) atoms. The van der Waals surface area contributed by atoms with Crippen LogP contribution in [0.1, 0.15) is 16.8 Å². The fourth-order valence-electron chi connectivity index (χ4n) is 2.47. The molecule has 0 bridgehead atoms. The number of amides is 1. The maximum atomic E-state index is 12.4. The molecule has 0 saturated carbocycles. The van der Waals surface area contributed by atoms with Gasteiger partial charge in [0.05, 0.1) is 25.0 Å². The van der Waals surface area contributed by atoms with Crippen molar-refractivity contribution < 1.29 is 14.3 Å². The van der Waals surface area contributed by atoms with Gasteiger partial charge in [-0.05, 0) is 18.6 Å². The van der Waals surface area contributed by atoms with Crippen molar-refractivity contribution in [2.45, 2.75) is 6.42 Å². The minimum Gasteiger partial charge on any atom is -0.495 e. The van der Waals surface area contributed by atoms with Gasteiger partial charge in [-0.1, -0.05) is 6.07 Å². The van der Waals surface area contributed by atoms with E-state index in [0.29, 0.717) is 29.5 Å². The normalized spacial score (nSPS) is 18.6. The Labute approximate surface area is 113 Å². The van der Waals surface area contributed by atoms with Crippen LogP contribution in [0.3, 0.4) is 0 Å². The van der Waals surface area contributed by atoms with Crippen molar-refractivity contribution in [3.05, 3.63) is 23.8 Å². The summed E-state index contributed by atoms with van der Waals surface area (Å²) in [5.41, 5.74) is 6.88. The Bertz CT molecular complexity index is 462. The summed E-state index contributed by atoms with van der Waals surface area (Å²) < 4.78 is 10.3. The van der Waals surface area contributed by atoms with Gasteiger partial charge < -0.3 is 20.1 Å². The summed E-state index contributed by atoms with van der Waals surface area (Å²) in [6.45, 7) is 2.17. The smallest absolute Gasteiger partial charge is 0.256 e. The summed E-state index contributed by atoms with van der Waals surface area (Å²) >= 11 is 0. The molecule has 0 spiro atoms. The van der Waals surface area contributed by atoms with Gasteiger partial charge in [-0.2, -0.15) is 0 Å². The molecule has 0 radical (unpaired) electrons. The number of hydrogen-bond acceptors (Lipinski definition) is 4. The Morgan fingerprint density at radius 1 is 1.47 bits per heavy atom. The molecule has 0 aliphatic carbocycles. The maximum absolute atomic E-state index is 12.4. The molecule has 2 N–H and O–H groups in total. The first-order chi connectivity index (χ1) is 9.17. The van der Waals surface area contributed by atoms with E-state index in [0.717, 1.165) is 19.5 Å². The van der Waals surface area contributed by atoms with Gasteiger partial charge in [0.15, 0.2) is 0 Å². The van der Waals surface area contributed by atoms with Crippen LogP contribution in [-0.2, 0) is 4.74 Å². The fraction of sp³-hybridized carbons (Fsp3) is 0.500. The number of ether oxygens (including phenoxy) is 2. The van der Waals surface area contributed by atoms with Gasteiger partial charge in [-0.3, -0.25) is 4.79 Å². The van der Waals surface area contributed by atoms with Crippen molar-refractivity contribution in [2.24, 2.45) is 5.92 Å². The van der Waals surface area contributed by atoms with Gasteiger partial charge in [-0.15, -0.1) is 0 Å². The molecule has 1 aromatic rings. The van der Waals surface area contributed by atoms with Crippen LogP contribution < -0.4 is 10.5 Å². The number of likely N-dealkylation sites (tertiary alicyclic amines) is 1. The molecule has 5 heteroatoms. The Morgan fingerprint density at radius 2 is 2.26 bits per heavy atom. The highest BCUT2D eigenvalue weighted by Gasteiger charge is 2.28. The van der Waals surface area contributed by atoms with Gasteiger partial charge in [0.1, 0.15) is 5.75 Å². The maximum Gasteiger partial charge on any atom is 0.256 e. The number of anilines is 1. The van der Waals surface area contributed by atoms with E-state index in [1.54, 1.807) is 32.4 Å². The number of benzene rings is 1. The number of methoxy groups -OCH3 is 2. The van der Waals surface area contributed by atoms with Crippen LogP contribution in [0.25, 0.3) is 0 Å². The zero-order valence-corrected chi connectivity index (χ0v) is 11.4. The number of nitrogen functional groups attached to an aromatic ring is 1. The first-order valence-electron chi connectivity index (χ1n) is 6.38. The van der Waals surface area contributed by atoms with Crippen molar-refractivity contribution >= 4 is 11.6 Å². The molecule has 1 heterocycles.